The van der Waals surface area contributed by atoms with E-state index in [1.807, 2.05) is 30.3 Å². The molecule has 0 unspecified atom stereocenters. The number of carbonyl (C=O) groups excluding carboxylic acids is 1. The van der Waals surface area contributed by atoms with Gasteiger partial charge in [0.25, 0.3) is 0 Å². The van der Waals surface area contributed by atoms with Crippen LogP contribution in [0.4, 0.5) is 0 Å². The van der Waals surface area contributed by atoms with E-state index >= 15 is 0 Å². The summed E-state index contributed by atoms with van der Waals surface area (Å²) < 4.78 is 10.5. The van der Waals surface area contributed by atoms with Gasteiger partial charge in [-0.15, -0.1) is 0 Å². The molecule has 0 heterocycles. The zero-order valence-corrected chi connectivity index (χ0v) is 11.7. The van der Waals surface area contributed by atoms with Crippen LogP contribution in [0.25, 0.3) is 0 Å². The van der Waals surface area contributed by atoms with Gasteiger partial charge in [-0.05, 0) is 23.8 Å². The lowest BCUT2D eigenvalue weighted by Gasteiger charge is -2.06. The van der Waals surface area contributed by atoms with Gasteiger partial charge in [-0.25, -0.2) is 4.79 Å². The van der Waals surface area contributed by atoms with E-state index in [-0.39, 0.29) is 6.61 Å². The fourth-order valence-electron chi connectivity index (χ4n) is 1.66. The van der Waals surface area contributed by atoms with Crippen LogP contribution < -0.4 is 0 Å². The van der Waals surface area contributed by atoms with Crippen LogP contribution in [0.15, 0.2) is 54.6 Å². The molecule has 0 aromatic heterocycles. The molecule has 2 rings (SSSR count). The first-order valence-electron chi connectivity index (χ1n) is 6.30. The minimum Gasteiger partial charge on any atom is -0.460 e. The van der Waals surface area contributed by atoms with Gasteiger partial charge in [0.05, 0.1) is 18.8 Å². The van der Waals surface area contributed by atoms with Crippen LogP contribution in [0.3, 0.4) is 0 Å². The van der Waals surface area contributed by atoms with E-state index in [9.17, 15) is 4.79 Å². The van der Waals surface area contributed by atoms with Gasteiger partial charge in [0.1, 0.15) is 6.61 Å². The van der Waals surface area contributed by atoms with Crippen molar-refractivity contribution in [2.75, 3.05) is 13.2 Å². The molecule has 0 aliphatic heterocycles. The van der Waals surface area contributed by atoms with Crippen LogP contribution in [0, 0.1) is 0 Å². The standard InChI is InChI=1S/C16H15ClO3/c17-15-8-4-7-14(11-15)16(18)20-10-9-19-12-13-5-2-1-3-6-13/h1-8,11H,9-10,12H2. The van der Waals surface area contributed by atoms with E-state index in [0.717, 1.165) is 5.56 Å². The molecule has 2 aromatic carbocycles. The van der Waals surface area contributed by atoms with E-state index in [0.29, 0.717) is 23.8 Å². The molecule has 4 heteroatoms. The molecule has 0 aliphatic rings. The Morgan fingerprint density at radius 3 is 2.55 bits per heavy atom. The van der Waals surface area contributed by atoms with Crippen LogP contribution in [0.5, 0.6) is 0 Å². The van der Waals surface area contributed by atoms with Gasteiger partial charge in [-0.1, -0.05) is 48.0 Å². The van der Waals surface area contributed by atoms with Gasteiger partial charge in [0.2, 0.25) is 0 Å². The zero-order valence-electron chi connectivity index (χ0n) is 10.9. The first-order valence-corrected chi connectivity index (χ1v) is 6.68. The number of carbonyl (C=O) groups is 1. The Balaban J connectivity index is 1.67. The second-order valence-electron chi connectivity index (χ2n) is 4.18. The molecule has 0 N–H and O–H groups in total. The van der Waals surface area contributed by atoms with Crippen LogP contribution in [0.1, 0.15) is 15.9 Å². The quantitative estimate of drug-likeness (QED) is 0.601. The molecule has 0 spiro atoms. The lowest BCUT2D eigenvalue weighted by Crippen LogP contribution is -2.10. The van der Waals surface area contributed by atoms with E-state index < -0.39 is 5.97 Å². The molecule has 0 fully saturated rings. The third kappa shape index (κ3) is 4.68. The highest BCUT2D eigenvalue weighted by atomic mass is 35.5. The number of halogens is 1. The fraction of sp³-hybridized carbons (Fsp3) is 0.188. The van der Waals surface area contributed by atoms with Crippen molar-refractivity contribution in [1.82, 2.24) is 0 Å². The molecule has 20 heavy (non-hydrogen) atoms. The van der Waals surface area contributed by atoms with Crippen molar-refractivity contribution in [2.45, 2.75) is 6.61 Å². The Morgan fingerprint density at radius 2 is 1.80 bits per heavy atom. The Morgan fingerprint density at radius 1 is 1.00 bits per heavy atom. The van der Waals surface area contributed by atoms with Crippen molar-refractivity contribution in [3.63, 3.8) is 0 Å². The highest BCUT2D eigenvalue weighted by molar-refractivity contribution is 6.30. The summed E-state index contributed by atoms with van der Waals surface area (Å²) in [6.07, 6.45) is 0. The second kappa shape index (κ2) is 7.68. The Hall–Kier alpha value is -1.84. The van der Waals surface area contributed by atoms with E-state index in [1.54, 1.807) is 24.3 Å². The van der Waals surface area contributed by atoms with Gasteiger partial charge < -0.3 is 9.47 Å². The first-order chi connectivity index (χ1) is 9.75. The van der Waals surface area contributed by atoms with E-state index in [4.69, 9.17) is 21.1 Å². The summed E-state index contributed by atoms with van der Waals surface area (Å²) >= 11 is 5.81. The smallest absolute Gasteiger partial charge is 0.338 e. The average Bonchev–Trinajstić information content (AvgIpc) is 2.48. The SMILES string of the molecule is O=C(OCCOCc1ccccc1)c1cccc(Cl)c1. The summed E-state index contributed by atoms with van der Waals surface area (Å²) in [6, 6.07) is 16.5. The second-order valence-corrected chi connectivity index (χ2v) is 4.62. The molecule has 2 aromatic rings. The number of ether oxygens (including phenoxy) is 2. The topological polar surface area (TPSA) is 35.5 Å². The molecule has 0 saturated heterocycles. The van der Waals surface area contributed by atoms with Crippen molar-refractivity contribution >= 4 is 17.6 Å². The predicted octanol–water partition coefficient (Wildman–Crippen LogP) is 3.71. The molecular weight excluding hydrogens is 276 g/mol. The number of hydrogen-bond acceptors (Lipinski definition) is 3. The number of esters is 1. The van der Waals surface area contributed by atoms with E-state index in [1.165, 1.54) is 0 Å². The monoisotopic (exact) mass is 290 g/mol. The maximum Gasteiger partial charge on any atom is 0.338 e. The Bertz CT molecular complexity index is 555. The number of hydrogen-bond donors (Lipinski definition) is 0. The zero-order chi connectivity index (χ0) is 14.2. The molecule has 0 amide bonds. The summed E-state index contributed by atoms with van der Waals surface area (Å²) in [4.78, 5) is 11.7. The van der Waals surface area contributed by atoms with Gasteiger partial charge in [0.15, 0.2) is 0 Å². The minimum atomic E-state index is -0.393. The molecule has 0 saturated carbocycles. The molecule has 3 nitrogen and oxygen atoms in total. The summed E-state index contributed by atoms with van der Waals surface area (Å²) in [6.45, 7) is 1.09. The van der Waals surface area contributed by atoms with Crippen molar-refractivity contribution < 1.29 is 14.3 Å². The van der Waals surface area contributed by atoms with Crippen LogP contribution in [0.2, 0.25) is 5.02 Å². The Kier molecular flexibility index (Phi) is 5.59. The van der Waals surface area contributed by atoms with Crippen LogP contribution >= 0.6 is 11.6 Å². The van der Waals surface area contributed by atoms with Gasteiger partial charge >= 0.3 is 5.97 Å². The van der Waals surface area contributed by atoms with Gasteiger partial charge in [-0.3, -0.25) is 0 Å². The van der Waals surface area contributed by atoms with Crippen LogP contribution in [-0.2, 0) is 16.1 Å². The van der Waals surface area contributed by atoms with Crippen LogP contribution in [-0.4, -0.2) is 19.2 Å². The molecule has 0 aliphatic carbocycles. The number of benzene rings is 2. The average molecular weight is 291 g/mol. The summed E-state index contributed by atoms with van der Waals surface area (Å²) in [5.74, 6) is -0.393. The lowest BCUT2D eigenvalue weighted by atomic mass is 10.2. The normalized spacial score (nSPS) is 10.2. The maximum absolute atomic E-state index is 11.7. The molecule has 0 radical (unpaired) electrons. The third-order valence-electron chi connectivity index (χ3n) is 2.63. The first kappa shape index (κ1) is 14.6. The summed E-state index contributed by atoms with van der Waals surface area (Å²) in [5, 5.41) is 0.514. The molecule has 0 bridgehead atoms. The molecule has 104 valence electrons. The molecule has 0 atom stereocenters. The predicted molar refractivity (Wildman–Crippen MR) is 77.8 cm³/mol. The summed E-state index contributed by atoms with van der Waals surface area (Å²) in [7, 11) is 0. The van der Waals surface area contributed by atoms with Gasteiger partial charge in [-0.2, -0.15) is 0 Å². The summed E-state index contributed by atoms with van der Waals surface area (Å²) in [5.41, 5.74) is 1.54. The van der Waals surface area contributed by atoms with Gasteiger partial charge in [0, 0.05) is 5.02 Å². The minimum absolute atomic E-state index is 0.220. The maximum atomic E-state index is 11.7. The third-order valence-corrected chi connectivity index (χ3v) is 2.87. The largest absolute Gasteiger partial charge is 0.460 e. The van der Waals surface area contributed by atoms with Crippen molar-refractivity contribution in [1.29, 1.82) is 0 Å². The number of rotatable bonds is 6. The Labute approximate surface area is 123 Å². The highest BCUT2D eigenvalue weighted by Crippen LogP contribution is 2.11. The molecular formula is C16H15ClO3. The van der Waals surface area contributed by atoms with Crippen molar-refractivity contribution in [2.24, 2.45) is 0 Å². The lowest BCUT2D eigenvalue weighted by molar-refractivity contribution is 0.0288. The van der Waals surface area contributed by atoms with E-state index in [2.05, 4.69) is 0 Å². The highest BCUT2D eigenvalue weighted by Gasteiger charge is 2.06. The fourth-order valence-corrected chi connectivity index (χ4v) is 1.85. The van der Waals surface area contributed by atoms with Crippen molar-refractivity contribution in [3.05, 3.63) is 70.7 Å². The van der Waals surface area contributed by atoms with Crippen molar-refractivity contribution in [3.8, 4) is 0 Å².